The third-order valence-corrected chi connectivity index (χ3v) is 1.96. The summed E-state index contributed by atoms with van der Waals surface area (Å²) >= 11 is 5.74. The Morgan fingerprint density at radius 2 is 1.92 bits per heavy atom. The first-order chi connectivity index (χ1) is 5.41. The fourth-order valence-corrected chi connectivity index (χ4v) is 0.981. The molecule has 2 nitrogen and oxygen atoms in total. The Kier molecular flexibility index (Phi) is 2.29. The van der Waals surface area contributed by atoms with Crippen molar-refractivity contribution in [1.82, 2.24) is 4.98 Å². The number of nitrogen functional groups attached to an aromatic ring is 1. The van der Waals surface area contributed by atoms with Crippen molar-refractivity contribution in [3.63, 3.8) is 0 Å². The molecule has 0 amide bonds. The molecule has 1 aromatic rings. The second-order valence-electron chi connectivity index (χ2n) is 3.81. The second kappa shape index (κ2) is 2.94. The summed E-state index contributed by atoms with van der Waals surface area (Å²) in [5.74, 6) is 0.407. The van der Waals surface area contributed by atoms with E-state index in [1.807, 2.05) is 6.07 Å². The van der Waals surface area contributed by atoms with Gasteiger partial charge in [-0.05, 0) is 12.1 Å². The molecule has 1 heterocycles. The third-order valence-electron chi connectivity index (χ3n) is 1.64. The number of hydrogen-bond donors (Lipinski definition) is 1. The van der Waals surface area contributed by atoms with E-state index in [0.29, 0.717) is 10.8 Å². The molecular formula is C9H13ClN2. The van der Waals surface area contributed by atoms with E-state index in [-0.39, 0.29) is 5.41 Å². The van der Waals surface area contributed by atoms with Crippen LogP contribution in [0, 0.1) is 0 Å². The van der Waals surface area contributed by atoms with E-state index in [9.17, 15) is 0 Å². The van der Waals surface area contributed by atoms with Crippen molar-refractivity contribution in [2.45, 2.75) is 26.2 Å². The highest BCUT2D eigenvalue weighted by atomic mass is 35.5. The first-order valence-electron chi connectivity index (χ1n) is 3.84. The van der Waals surface area contributed by atoms with Gasteiger partial charge in [-0.3, -0.25) is 0 Å². The fourth-order valence-electron chi connectivity index (χ4n) is 0.876. The van der Waals surface area contributed by atoms with Crippen LogP contribution in [0.25, 0.3) is 0 Å². The summed E-state index contributed by atoms with van der Waals surface area (Å²) in [6.07, 6.45) is 0. The van der Waals surface area contributed by atoms with Crippen molar-refractivity contribution in [3.05, 3.63) is 22.8 Å². The smallest absolute Gasteiger partial charge is 0.142 e. The summed E-state index contributed by atoms with van der Waals surface area (Å²) in [7, 11) is 0. The lowest BCUT2D eigenvalue weighted by Gasteiger charge is -2.17. The monoisotopic (exact) mass is 184 g/mol. The molecule has 0 aromatic carbocycles. The molecule has 0 bridgehead atoms. The maximum atomic E-state index is 5.74. The van der Waals surface area contributed by atoms with Crippen molar-refractivity contribution in [2.75, 3.05) is 5.73 Å². The summed E-state index contributed by atoms with van der Waals surface area (Å²) in [4.78, 5) is 4.19. The predicted molar refractivity (Wildman–Crippen MR) is 52.4 cm³/mol. The Morgan fingerprint density at radius 3 is 2.33 bits per heavy atom. The van der Waals surface area contributed by atoms with E-state index in [1.165, 1.54) is 0 Å². The van der Waals surface area contributed by atoms with Gasteiger partial charge in [-0.15, -0.1) is 0 Å². The van der Waals surface area contributed by atoms with Gasteiger partial charge in [-0.25, -0.2) is 4.98 Å². The zero-order valence-electron chi connectivity index (χ0n) is 7.56. The lowest BCUT2D eigenvalue weighted by atomic mass is 9.92. The molecule has 1 rings (SSSR count). The Labute approximate surface area is 77.8 Å². The number of pyridine rings is 1. The Bertz CT molecular complexity index is 289. The van der Waals surface area contributed by atoms with Gasteiger partial charge in [-0.2, -0.15) is 0 Å². The molecule has 0 aliphatic carbocycles. The van der Waals surface area contributed by atoms with E-state index in [0.717, 1.165) is 5.69 Å². The van der Waals surface area contributed by atoms with Gasteiger partial charge in [0.2, 0.25) is 0 Å². The number of halogens is 1. The van der Waals surface area contributed by atoms with Crippen LogP contribution in [0.5, 0.6) is 0 Å². The third kappa shape index (κ3) is 1.89. The molecule has 3 heteroatoms. The molecule has 0 fully saturated rings. The Hall–Kier alpha value is -0.760. The summed E-state index contributed by atoms with van der Waals surface area (Å²) in [6.45, 7) is 6.26. The summed E-state index contributed by atoms with van der Waals surface area (Å²) in [5, 5.41) is 0.517. The Morgan fingerprint density at radius 1 is 1.33 bits per heavy atom. The lowest BCUT2D eigenvalue weighted by molar-refractivity contribution is 0.570. The van der Waals surface area contributed by atoms with E-state index < -0.39 is 0 Å². The molecule has 12 heavy (non-hydrogen) atoms. The molecule has 66 valence electrons. The van der Waals surface area contributed by atoms with Crippen LogP contribution in [0.4, 0.5) is 5.82 Å². The van der Waals surface area contributed by atoms with Gasteiger partial charge in [0.05, 0.1) is 5.02 Å². The van der Waals surface area contributed by atoms with Gasteiger partial charge in [-0.1, -0.05) is 32.4 Å². The van der Waals surface area contributed by atoms with Crippen LogP contribution in [0.2, 0.25) is 5.02 Å². The highest BCUT2D eigenvalue weighted by molar-refractivity contribution is 6.32. The molecule has 1 aromatic heterocycles. The zero-order chi connectivity index (χ0) is 9.35. The molecule has 0 unspecified atom stereocenters. The normalized spacial score (nSPS) is 11.7. The predicted octanol–water partition coefficient (Wildman–Crippen LogP) is 2.61. The first kappa shape index (κ1) is 9.33. The minimum atomic E-state index is 0.0265. The molecule has 0 atom stereocenters. The van der Waals surface area contributed by atoms with E-state index in [1.54, 1.807) is 6.07 Å². The highest BCUT2D eigenvalue weighted by Crippen LogP contribution is 2.24. The van der Waals surface area contributed by atoms with Crippen molar-refractivity contribution < 1.29 is 0 Å². The van der Waals surface area contributed by atoms with Gasteiger partial charge in [0, 0.05) is 11.1 Å². The van der Waals surface area contributed by atoms with Gasteiger partial charge in [0.25, 0.3) is 0 Å². The van der Waals surface area contributed by atoms with Crippen molar-refractivity contribution >= 4 is 17.4 Å². The van der Waals surface area contributed by atoms with E-state index >= 15 is 0 Å². The molecular weight excluding hydrogens is 172 g/mol. The number of anilines is 1. The lowest BCUT2D eigenvalue weighted by Crippen LogP contribution is -2.14. The van der Waals surface area contributed by atoms with Crippen LogP contribution in [-0.2, 0) is 5.41 Å². The molecule has 0 aliphatic heterocycles. The Balaban J connectivity index is 3.14. The van der Waals surface area contributed by atoms with Gasteiger partial charge in [0.15, 0.2) is 0 Å². The van der Waals surface area contributed by atoms with Crippen LogP contribution in [0.3, 0.4) is 0 Å². The number of nitrogens with two attached hydrogens (primary N) is 1. The number of hydrogen-bond acceptors (Lipinski definition) is 2. The summed E-state index contributed by atoms with van der Waals surface area (Å²) in [6, 6.07) is 3.68. The highest BCUT2D eigenvalue weighted by Gasteiger charge is 2.15. The minimum absolute atomic E-state index is 0.0265. The number of rotatable bonds is 0. The van der Waals surface area contributed by atoms with Gasteiger partial charge in [0.1, 0.15) is 5.82 Å². The first-order valence-corrected chi connectivity index (χ1v) is 4.21. The van der Waals surface area contributed by atoms with Crippen LogP contribution >= 0.6 is 11.6 Å². The molecule has 0 aliphatic rings. The average Bonchev–Trinajstić information content (AvgIpc) is 1.92. The van der Waals surface area contributed by atoms with E-state index in [2.05, 4.69) is 25.8 Å². The van der Waals surface area contributed by atoms with Gasteiger partial charge < -0.3 is 5.73 Å². The summed E-state index contributed by atoms with van der Waals surface area (Å²) < 4.78 is 0. The van der Waals surface area contributed by atoms with Crippen LogP contribution in [0.1, 0.15) is 26.5 Å². The molecule has 0 radical (unpaired) electrons. The fraction of sp³-hybridized carbons (Fsp3) is 0.444. The van der Waals surface area contributed by atoms with Crippen molar-refractivity contribution in [3.8, 4) is 0 Å². The van der Waals surface area contributed by atoms with Crippen LogP contribution in [0.15, 0.2) is 12.1 Å². The van der Waals surface area contributed by atoms with Crippen molar-refractivity contribution in [1.29, 1.82) is 0 Å². The zero-order valence-corrected chi connectivity index (χ0v) is 8.31. The number of aromatic nitrogens is 1. The number of nitrogens with zero attached hydrogens (tertiary/aromatic N) is 1. The van der Waals surface area contributed by atoms with Crippen molar-refractivity contribution in [2.24, 2.45) is 0 Å². The molecule has 2 N–H and O–H groups in total. The minimum Gasteiger partial charge on any atom is -0.382 e. The van der Waals surface area contributed by atoms with E-state index in [4.69, 9.17) is 17.3 Å². The quantitative estimate of drug-likeness (QED) is 0.673. The molecule has 0 saturated carbocycles. The topological polar surface area (TPSA) is 38.9 Å². The maximum absolute atomic E-state index is 5.74. The molecule has 0 spiro atoms. The average molecular weight is 185 g/mol. The summed E-state index contributed by atoms with van der Waals surface area (Å²) in [5.41, 5.74) is 6.56. The second-order valence-corrected chi connectivity index (χ2v) is 4.22. The molecule has 0 saturated heterocycles. The standard InChI is InChI=1S/C9H13ClN2/c1-9(2,3)7-5-4-6(10)8(11)12-7/h4-5H,1-3H3,(H2,11,12). The largest absolute Gasteiger partial charge is 0.382 e. The van der Waals surface area contributed by atoms with Crippen LogP contribution < -0.4 is 5.73 Å². The van der Waals surface area contributed by atoms with Crippen LogP contribution in [-0.4, -0.2) is 4.98 Å². The maximum Gasteiger partial charge on any atom is 0.142 e. The van der Waals surface area contributed by atoms with Gasteiger partial charge >= 0.3 is 0 Å². The SMILES string of the molecule is CC(C)(C)c1ccc(Cl)c(N)n1.